The van der Waals surface area contributed by atoms with Crippen LogP contribution in [0.3, 0.4) is 0 Å². The monoisotopic (exact) mass is 284 g/mol. The lowest BCUT2D eigenvalue weighted by Crippen LogP contribution is -2.46. The van der Waals surface area contributed by atoms with E-state index < -0.39 is 0 Å². The maximum atomic E-state index is 3.77. The number of thioether (sulfide) groups is 1. The van der Waals surface area contributed by atoms with Gasteiger partial charge < -0.3 is 10.2 Å². The predicted octanol–water partition coefficient (Wildman–Crippen LogP) is 3.37. The van der Waals surface area contributed by atoms with E-state index in [4.69, 9.17) is 0 Å². The Morgan fingerprint density at radius 1 is 1.32 bits per heavy atom. The summed E-state index contributed by atoms with van der Waals surface area (Å²) < 4.78 is 0.574. The lowest BCUT2D eigenvalue weighted by molar-refractivity contribution is 0.218. The van der Waals surface area contributed by atoms with Crippen LogP contribution >= 0.6 is 11.8 Å². The first-order chi connectivity index (χ1) is 9.19. The molecule has 2 fully saturated rings. The van der Waals surface area contributed by atoms with E-state index in [0.29, 0.717) is 10.8 Å². The van der Waals surface area contributed by atoms with Gasteiger partial charge in [0.1, 0.15) is 0 Å². The van der Waals surface area contributed by atoms with Crippen LogP contribution in [0.25, 0.3) is 0 Å². The molecule has 19 heavy (non-hydrogen) atoms. The second-order valence-electron chi connectivity index (χ2n) is 6.63. The first-order valence-corrected chi connectivity index (χ1v) is 9.42. The molecule has 0 amide bonds. The third-order valence-electron chi connectivity index (χ3n) is 5.30. The molecule has 0 spiro atoms. The Balaban J connectivity index is 1.94. The Hall–Kier alpha value is 0.270. The summed E-state index contributed by atoms with van der Waals surface area (Å²) in [6, 6.07) is 0.702. The Bertz CT molecular complexity index is 263. The van der Waals surface area contributed by atoms with Crippen LogP contribution in [0.4, 0.5) is 0 Å². The number of nitrogens with one attached hydrogen (secondary N) is 1. The van der Waals surface area contributed by atoms with E-state index in [9.17, 15) is 0 Å². The molecule has 1 N–H and O–H groups in total. The van der Waals surface area contributed by atoms with E-state index in [-0.39, 0.29) is 0 Å². The SMILES string of the molecule is CCC(C)C1CN(CC2(SC)CCCC2)CCCN1. The van der Waals surface area contributed by atoms with Crippen LogP contribution in [0.5, 0.6) is 0 Å². The van der Waals surface area contributed by atoms with Gasteiger partial charge >= 0.3 is 0 Å². The van der Waals surface area contributed by atoms with Crippen LogP contribution in [0, 0.1) is 5.92 Å². The molecule has 0 aromatic heterocycles. The summed E-state index contributed by atoms with van der Waals surface area (Å²) in [7, 11) is 0. The van der Waals surface area contributed by atoms with Gasteiger partial charge in [-0.25, -0.2) is 0 Å². The smallest absolute Gasteiger partial charge is 0.0284 e. The van der Waals surface area contributed by atoms with Crippen LogP contribution in [0.2, 0.25) is 0 Å². The maximum Gasteiger partial charge on any atom is 0.0284 e. The van der Waals surface area contributed by atoms with Gasteiger partial charge in [0, 0.05) is 23.9 Å². The molecule has 1 saturated carbocycles. The summed E-state index contributed by atoms with van der Waals surface area (Å²) in [5.41, 5.74) is 0. The van der Waals surface area contributed by atoms with Crippen LogP contribution < -0.4 is 5.32 Å². The topological polar surface area (TPSA) is 15.3 Å². The number of hydrogen-bond donors (Lipinski definition) is 1. The fourth-order valence-electron chi connectivity index (χ4n) is 3.69. The van der Waals surface area contributed by atoms with Gasteiger partial charge in [0.15, 0.2) is 0 Å². The third kappa shape index (κ3) is 4.12. The molecule has 3 heteroatoms. The highest BCUT2D eigenvalue weighted by Gasteiger charge is 2.35. The summed E-state index contributed by atoms with van der Waals surface area (Å²) in [5.74, 6) is 0.800. The highest BCUT2D eigenvalue weighted by molar-refractivity contribution is 8.00. The Kier molecular flexibility index (Phi) is 6.04. The van der Waals surface area contributed by atoms with Crippen molar-refractivity contribution in [3.05, 3.63) is 0 Å². The van der Waals surface area contributed by atoms with Crippen molar-refractivity contribution < 1.29 is 0 Å². The summed E-state index contributed by atoms with van der Waals surface area (Å²) in [6.45, 7) is 9.81. The van der Waals surface area contributed by atoms with Gasteiger partial charge in [-0.1, -0.05) is 33.1 Å². The van der Waals surface area contributed by atoms with Crippen molar-refractivity contribution in [1.29, 1.82) is 0 Å². The van der Waals surface area contributed by atoms with Gasteiger partial charge in [-0.2, -0.15) is 11.8 Å². The van der Waals surface area contributed by atoms with Crippen molar-refractivity contribution in [1.82, 2.24) is 10.2 Å². The lowest BCUT2D eigenvalue weighted by atomic mass is 9.98. The second-order valence-corrected chi connectivity index (χ2v) is 7.90. The van der Waals surface area contributed by atoms with E-state index in [1.54, 1.807) is 0 Å². The Labute approximate surface area is 124 Å². The normalized spacial score (nSPS) is 30.2. The van der Waals surface area contributed by atoms with Crippen LogP contribution in [-0.2, 0) is 0 Å². The largest absolute Gasteiger partial charge is 0.312 e. The van der Waals surface area contributed by atoms with Crippen LogP contribution in [0.1, 0.15) is 52.4 Å². The van der Waals surface area contributed by atoms with Gasteiger partial charge in [0.25, 0.3) is 0 Å². The predicted molar refractivity (Wildman–Crippen MR) is 87.0 cm³/mol. The number of nitrogens with zero attached hydrogens (tertiary/aromatic N) is 1. The van der Waals surface area contributed by atoms with Crippen LogP contribution in [0.15, 0.2) is 0 Å². The molecule has 1 saturated heterocycles. The highest BCUT2D eigenvalue weighted by Crippen LogP contribution is 2.41. The van der Waals surface area contributed by atoms with Crippen molar-refractivity contribution in [2.75, 3.05) is 32.4 Å². The van der Waals surface area contributed by atoms with Crippen molar-refractivity contribution in [2.45, 2.75) is 63.2 Å². The van der Waals surface area contributed by atoms with Gasteiger partial charge in [-0.05, 0) is 44.5 Å². The first kappa shape index (κ1) is 15.7. The second kappa shape index (κ2) is 7.33. The van der Waals surface area contributed by atoms with Crippen molar-refractivity contribution in [3.63, 3.8) is 0 Å². The lowest BCUT2D eigenvalue weighted by Gasteiger charge is -2.35. The van der Waals surface area contributed by atoms with Crippen molar-refractivity contribution in [3.8, 4) is 0 Å². The van der Waals surface area contributed by atoms with E-state index >= 15 is 0 Å². The molecule has 1 heterocycles. The van der Waals surface area contributed by atoms with Gasteiger partial charge in [0.05, 0.1) is 0 Å². The fourth-order valence-corrected chi connectivity index (χ4v) is 4.70. The Morgan fingerprint density at radius 3 is 2.68 bits per heavy atom. The number of hydrogen-bond acceptors (Lipinski definition) is 3. The van der Waals surface area contributed by atoms with Crippen LogP contribution in [-0.4, -0.2) is 48.1 Å². The number of rotatable bonds is 5. The average Bonchev–Trinajstić information content (AvgIpc) is 2.77. The summed E-state index contributed by atoms with van der Waals surface area (Å²) in [6.07, 6.45) is 10.7. The van der Waals surface area contributed by atoms with Gasteiger partial charge in [0.2, 0.25) is 0 Å². The third-order valence-corrected chi connectivity index (χ3v) is 6.71. The van der Waals surface area contributed by atoms with Crippen molar-refractivity contribution in [2.24, 2.45) is 5.92 Å². The maximum absolute atomic E-state index is 3.77. The van der Waals surface area contributed by atoms with E-state index in [1.807, 2.05) is 0 Å². The molecule has 1 aliphatic heterocycles. The zero-order chi connectivity index (χ0) is 13.7. The quantitative estimate of drug-likeness (QED) is 0.833. The minimum absolute atomic E-state index is 0.574. The standard InChI is InChI=1S/C16H32N2S/c1-4-14(2)15-12-18(11-7-10-17-15)13-16(19-3)8-5-6-9-16/h14-15,17H,4-13H2,1-3H3. The molecular weight excluding hydrogens is 252 g/mol. The van der Waals surface area contributed by atoms with Crippen molar-refractivity contribution >= 4 is 11.8 Å². The molecule has 0 aromatic rings. The molecule has 2 aliphatic rings. The molecule has 2 nitrogen and oxygen atoms in total. The zero-order valence-corrected chi connectivity index (χ0v) is 13.9. The molecule has 0 radical (unpaired) electrons. The van der Waals surface area contributed by atoms with E-state index in [0.717, 1.165) is 5.92 Å². The summed E-state index contributed by atoms with van der Waals surface area (Å²) in [4.78, 5) is 2.76. The fraction of sp³-hybridized carbons (Fsp3) is 1.00. The minimum atomic E-state index is 0.574. The molecule has 1 aliphatic carbocycles. The summed E-state index contributed by atoms with van der Waals surface area (Å²) >= 11 is 2.13. The molecule has 2 rings (SSSR count). The molecule has 0 bridgehead atoms. The molecule has 2 atom stereocenters. The van der Waals surface area contributed by atoms with Gasteiger partial charge in [-0.3, -0.25) is 0 Å². The Morgan fingerprint density at radius 2 is 2.05 bits per heavy atom. The first-order valence-electron chi connectivity index (χ1n) is 8.20. The average molecular weight is 285 g/mol. The van der Waals surface area contributed by atoms with E-state index in [2.05, 4.69) is 42.1 Å². The zero-order valence-electron chi connectivity index (χ0n) is 13.1. The van der Waals surface area contributed by atoms with Gasteiger partial charge in [-0.15, -0.1) is 0 Å². The highest BCUT2D eigenvalue weighted by atomic mass is 32.2. The summed E-state index contributed by atoms with van der Waals surface area (Å²) in [5, 5.41) is 3.77. The minimum Gasteiger partial charge on any atom is -0.312 e. The van der Waals surface area contributed by atoms with E-state index in [1.165, 1.54) is 64.7 Å². The molecule has 2 unspecified atom stereocenters. The molecule has 0 aromatic carbocycles. The molecule has 112 valence electrons. The molecular formula is C16H32N2S.